The van der Waals surface area contributed by atoms with Crippen molar-refractivity contribution in [2.75, 3.05) is 46.0 Å². The Morgan fingerprint density at radius 2 is 1.78 bits per heavy atom. The summed E-state index contributed by atoms with van der Waals surface area (Å²) in [6.07, 6.45) is 0. The van der Waals surface area contributed by atoms with Gasteiger partial charge in [-0.25, -0.2) is 0 Å². The molecule has 2 aliphatic heterocycles. The average molecular weight is 359 g/mol. The average Bonchev–Trinajstić information content (AvgIpc) is 2.26. The molecule has 18 heavy (non-hydrogen) atoms. The van der Waals surface area contributed by atoms with Crippen LogP contribution in [0.2, 0.25) is 0 Å². The molecule has 0 radical (unpaired) electrons. The maximum Gasteiger partial charge on any atom is 0.0596 e. The highest BCUT2D eigenvalue weighted by molar-refractivity contribution is 8.20. The Kier molecular flexibility index (Phi) is 9.09. The Bertz CT molecular complexity index is 217. The van der Waals surface area contributed by atoms with Crippen LogP contribution in [0.5, 0.6) is 0 Å². The van der Waals surface area contributed by atoms with Gasteiger partial charge < -0.3 is 0 Å². The first-order valence-electron chi connectivity index (χ1n) is 6.50. The lowest BCUT2D eigenvalue weighted by Crippen LogP contribution is -2.24. The van der Waals surface area contributed by atoms with Crippen LogP contribution in [-0.4, -0.2) is 61.1 Å². The molecule has 2 fully saturated rings. The first kappa shape index (κ1) is 16.5. The molecular formula is C12H22S6. The smallest absolute Gasteiger partial charge is 0.0596 e. The molecule has 106 valence electrons. The quantitative estimate of drug-likeness (QED) is 0.414. The van der Waals surface area contributed by atoms with Crippen LogP contribution in [0.1, 0.15) is 6.92 Å². The first-order valence-corrected chi connectivity index (χ1v) is 13.0. The highest BCUT2D eigenvalue weighted by Gasteiger charge is 2.24. The summed E-state index contributed by atoms with van der Waals surface area (Å²) in [5, 5.41) is 1.94. The second-order valence-corrected chi connectivity index (χ2v) is 12.3. The van der Waals surface area contributed by atoms with Crippen molar-refractivity contribution in [2.24, 2.45) is 0 Å². The van der Waals surface area contributed by atoms with Crippen molar-refractivity contribution in [3.8, 4) is 0 Å². The molecule has 1 atom stereocenters. The Labute approximate surface area is 137 Å². The maximum atomic E-state index is 2.28. The molecule has 0 nitrogen and oxygen atoms in total. The Morgan fingerprint density at radius 1 is 1.06 bits per heavy atom. The molecule has 0 bridgehead atoms. The summed E-state index contributed by atoms with van der Waals surface area (Å²) in [4.78, 5) is 0. The minimum absolute atomic E-state index is 0.845. The highest BCUT2D eigenvalue weighted by Crippen LogP contribution is 2.38. The Hall–Kier alpha value is 2.10. The minimum atomic E-state index is 0.845. The summed E-state index contributed by atoms with van der Waals surface area (Å²) < 4.78 is 0.845. The number of rotatable bonds is 10. The molecule has 2 rings (SSSR count). The molecule has 6 heteroatoms. The van der Waals surface area contributed by atoms with Crippen molar-refractivity contribution in [1.82, 2.24) is 0 Å². The van der Waals surface area contributed by atoms with Crippen LogP contribution in [0.4, 0.5) is 0 Å². The van der Waals surface area contributed by atoms with Crippen molar-refractivity contribution in [3.05, 3.63) is 0 Å². The highest BCUT2D eigenvalue weighted by atomic mass is 32.2. The predicted molar refractivity (Wildman–Crippen MR) is 102 cm³/mol. The maximum absolute atomic E-state index is 2.28. The third-order valence-electron chi connectivity index (χ3n) is 2.76. The van der Waals surface area contributed by atoms with E-state index in [4.69, 9.17) is 0 Å². The lowest BCUT2D eigenvalue weighted by molar-refractivity contribution is 1.08. The van der Waals surface area contributed by atoms with Crippen LogP contribution in [0, 0.1) is 0 Å². The van der Waals surface area contributed by atoms with E-state index in [1.54, 1.807) is 0 Å². The molecule has 1 unspecified atom stereocenters. The molecular weight excluding hydrogens is 337 g/mol. The second-order valence-electron chi connectivity index (χ2n) is 4.29. The van der Waals surface area contributed by atoms with Gasteiger partial charge in [-0.2, -0.15) is 47.0 Å². The topological polar surface area (TPSA) is 0 Å². The number of thioether (sulfide) groups is 6. The molecule has 0 aromatic carbocycles. The van der Waals surface area contributed by atoms with Gasteiger partial charge in [0.15, 0.2) is 0 Å². The Morgan fingerprint density at radius 3 is 2.33 bits per heavy atom. The van der Waals surface area contributed by atoms with Gasteiger partial charge in [0.2, 0.25) is 0 Å². The summed E-state index contributed by atoms with van der Waals surface area (Å²) in [5.74, 6) is 10.9. The summed E-state index contributed by atoms with van der Waals surface area (Å²) in [6, 6.07) is 0. The van der Waals surface area contributed by atoms with Crippen molar-refractivity contribution in [3.63, 3.8) is 0 Å². The standard InChI is InChI=1S/C12H22S6/c1-2-13-9-12(18-11-7-15-8-11)17-4-3-16-10-5-14-6-10/h10-12H,2-9H2,1H3. The SMILES string of the molecule is CCSCC(SCCSC1CSC1)SC1CSC1. The van der Waals surface area contributed by atoms with Crippen molar-refractivity contribution < 1.29 is 0 Å². The van der Waals surface area contributed by atoms with E-state index < -0.39 is 0 Å². The number of hydrogen-bond acceptors (Lipinski definition) is 6. The lowest BCUT2D eigenvalue weighted by atomic mass is 10.5. The van der Waals surface area contributed by atoms with E-state index in [1.165, 1.54) is 46.0 Å². The molecule has 2 heterocycles. The molecule has 2 aliphatic rings. The summed E-state index contributed by atoms with van der Waals surface area (Å²) in [6.45, 7) is 2.28. The monoisotopic (exact) mass is 358 g/mol. The Balaban J connectivity index is 1.53. The molecule has 0 N–H and O–H groups in total. The predicted octanol–water partition coefficient (Wildman–Crippen LogP) is 4.50. The molecule has 0 saturated carbocycles. The van der Waals surface area contributed by atoms with Gasteiger partial charge in [-0.3, -0.25) is 0 Å². The van der Waals surface area contributed by atoms with Gasteiger partial charge >= 0.3 is 0 Å². The van der Waals surface area contributed by atoms with E-state index in [-0.39, 0.29) is 0 Å². The fraction of sp³-hybridized carbons (Fsp3) is 1.00. The van der Waals surface area contributed by atoms with Crippen LogP contribution < -0.4 is 0 Å². The lowest BCUT2D eigenvalue weighted by Gasteiger charge is -2.29. The molecule has 0 aromatic heterocycles. The van der Waals surface area contributed by atoms with Gasteiger partial charge in [0.05, 0.1) is 4.58 Å². The van der Waals surface area contributed by atoms with Gasteiger partial charge in [-0.1, -0.05) is 6.92 Å². The van der Waals surface area contributed by atoms with Crippen molar-refractivity contribution in [2.45, 2.75) is 22.0 Å². The summed E-state index contributed by atoms with van der Waals surface area (Å²) in [5.41, 5.74) is 0. The molecule has 0 amide bonds. The molecule has 0 aromatic rings. The van der Waals surface area contributed by atoms with Crippen LogP contribution in [0.15, 0.2) is 0 Å². The third-order valence-corrected chi connectivity index (χ3v) is 12.0. The second kappa shape index (κ2) is 9.93. The van der Waals surface area contributed by atoms with Crippen LogP contribution in [0.3, 0.4) is 0 Å². The van der Waals surface area contributed by atoms with E-state index in [0.29, 0.717) is 0 Å². The summed E-state index contributed by atoms with van der Waals surface area (Å²) in [7, 11) is 0. The number of hydrogen-bond donors (Lipinski definition) is 0. The van der Waals surface area contributed by atoms with E-state index in [1.807, 2.05) is 0 Å². The normalized spacial score (nSPS) is 22.5. The minimum Gasteiger partial charge on any atom is -0.160 e. The zero-order valence-corrected chi connectivity index (χ0v) is 15.7. The third kappa shape index (κ3) is 6.25. The molecule has 0 aliphatic carbocycles. The zero-order valence-electron chi connectivity index (χ0n) is 10.8. The molecule has 0 spiro atoms. The van der Waals surface area contributed by atoms with E-state index in [0.717, 1.165) is 15.1 Å². The fourth-order valence-corrected chi connectivity index (χ4v) is 9.54. The van der Waals surface area contributed by atoms with E-state index in [9.17, 15) is 0 Å². The van der Waals surface area contributed by atoms with Gasteiger partial charge in [0.25, 0.3) is 0 Å². The first-order chi connectivity index (χ1) is 8.88. The summed E-state index contributed by atoms with van der Waals surface area (Å²) >= 11 is 13.0. The van der Waals surface area contributed by atoms with Crippen molar-refractivity contribution in [1.29, 1.82) is 0 Å². The largest absolute Gasteiger partial charge is 0.160 e. The van der Waals surface area contributed by atoms with E-state index in [2.05, 4.69) is 77.5 Å². The zero-order chi connectivity index (χ0) is 12.6. The van der Waals surface area contributed by atoms with Crippen LogP contribution >= 0.6 is 70.6 Å². The van der Waals surface area contributed by atoms with Crippen LogP contribution in [0.25, 0.3) is 0 Å². The van der Waals surface area contributed by atoms with Gasteiger partial charge in [-0.15, -0.1) is 23.5 Å². The van der Waals surface area contributed by atoms with Gasteiger partial charge in [0.1, 0.15) is 0 Å². The van der Waals surface area contributed by atoms with Crippen LogP contribution in [-0.2, 0) is 0 Å². The van der Waals surface area contributed by atoms with E-state index >= 15 is 0 Å². The van der Waals surface area contributed by atoms with Gasteiger partial charge in [-0.05, 0) is 5.75 Å². The van der Waals surface area contributed by atoms with Crippen molar-refractivity contribution >= 4 is 70.6 Å². The fourth-order valence-electron chi connectivity index (χ4n) is 1.55. The van der Waals surface area contributed by atoms with Gasteiger partial charge in [0, 0.05) is 50.8 Å². The molecule has 2 saturated heterocycles.